The second-order valence-electron chi connectivity index (χ2n) is 8.16. The van der Waals surface area contributed by atoms with Crippen LogP contribution < -0.4 is 10.2 Å². The van der Waals surface area contributed by atoms with E-state index in [0.717, 1.165) is 35.0 Å². The molecule has 1 aliphatic carbocycles. The zero-order chi connectivity index (χ0) is 20.5. The summed E-state index contributed by atoms with van der Waals surface area (Å²) < 4.78 is 0. The van der Waals surface area contributed by atoms with E-state index in [-0.39, 0.29) is 23.7 Å². The number of carbonyl (C=O) groups excluding carboxylic acids is 3. The van der Waals surface area contributed by atoms with Gasteiger partial charge in [-0.15, -0.1) is 0 Å². The van der Waals surface area contributed by atoms with Crippen molar-refractivity contribution in [1.29, 1.82) is 0 Å². The van der Waals surface area contributed by atoms with Crippen molar-refractivity contribution in [1.82, 2.24) is 15.3 Å². The number of imide groups is 1. The third-order valence-corrected chi connectivity index (χ3v) is 6.48. The van der Waals surface area contributed by atoms with Gasteiger partial charge in [-0.2, -0.15) is 0 Å². The average molecular weight is 398 g/mol. The Labute approximate surface area is 172 Å². The van der Waals surface area contributed by atoms with Gasteiger partial charge in [-0.1, -0.05) is 18.2 Å². The number of hydrogen-bond acceptors (Lipinski definition) is 5. The van der Waals surface area contributed by atoms with Gasteiger partial charge in [0.2, 0.25) is 11.8 Å². The van der Waals surface area contributed by atoms with Crippen LogP contribution in [0.1, 0.15) is 47.4 Å². The van der Waals surface area contributed by atoms with Crippen LogP contribution in [0, 0.1) is 0 Å². The number of carbonyl (C=O) groups is 3. The Morgan fingerprint density at radius 3 is 2.63 bits per heavy atom. The monoisotopic (exact) mass is 398 g/mol. The number of benzene rings is 1. The Bertz CT molecular complexity index is 1250. The Morgan fingerprint density at radius 2 is 1.90 bits per heavy atom. The summed E-state index contributed by atoms with van der Waals surface area (Å²) in [6.45, 7) is 0. The van der Waals surface area contributed by atoms with Gasteiger partial charge in [0.1, 0.15) is 6.04 Å². The molecule has 6 rings (SSSR count). The number of anilines is 1. The minimum atomic E-state index is -0.705. The zero-order valence-corrected chi connectivity index (χ0v) is 16.1. The number of pyridine rings is 2. The molecule has 3 aromatic rings. The van der Waals surface area contributed by atoms with Crippen molar-refractivity contribution in [3.05, 3.63) is 65.7 Å². The molecule has 1 saturated carbocycles. The molecule has 0 radical (unpaired) electrons. The molecule has 148 valence electrons. The minimum Gasteiger partial charge on any atom is -0.295 e. The van der Waals surface area contributed by atoms with Crippen LogP contribution in [0.4, 0.5) is 5.69 Å². The quantitative estimate of drug-likeness (QED) is 0.685. The van der Waals surface area contributed by atoms with Gasteiger partial charge < -0.3 is 0 Å². The molecule has 1 unspecified atom stereocenters. The second-order valence-corrected chi connectivity index (χ2v) is 8.16. The van der Waals surface area contributed by atoms with Gasteiger partial charge >= 0.3 is 0 Å². The van der Waals surface area contributed by atoms with Crippen molar-refractivity contribution < 1.29 is 14.4 Å². The van der Waals surface area contributed by atoms with Crippen LogP contribution in [0.2, 0.25) is 0 Å². The van der Waals surface area contributed by atoms with Crippen molar-refractivity contribution in [3.63, 3.8) is 0 Å². The third-order valence-electron chi connectivity index (χ3n) is 6.48. The normalized spacial score (nSPS) is 21.8. The highest BCUT2D eigenvalue weighted by Gasteiger charge is 2.50. The summed E-state index contributed by atoms with van der Waals surface area (Å²) in [6.07, 6.45) is 5.95. The van der Waals surface area contributed by atoms with Gasteiger partial charge in [-0.05, 0) is 37.5 Å². The van der Waals surface area contributed by atoms with Crippen LogP contribution >= 0.6 is 0 Å². The highest BCUT2D eigenvalue weighted by atomic mass is 16.2. The van der Waals surface area contributed by atoms with Crippen molar-refractivity contribution >= 4 is 34.2 Å². The van der Waals surface area contributed by atoms with E-state index >= 15 is 0 Å². The fourth-order valence-corrected chi connectivity index (χ4v) is 4.89. The molecular weight excluding hydrogens is 380 g/mol. The van der Waals surface area contributed by atoms with E-state index in [1.807, 2.05) is 30.3 Å². The summed E-state index contributed by atoms with van der Waals surface area (Å²) in [4.78, 5) is 48.2. The van der Waals surface area contributed by atoms with E-state index in [2.05, 4.69) is 10.3 Å². The summed E-state index contributed by atoms with van der Waals surface area (Å²) in [5.74, 6) is -0.950. The number of rotatable bonds is 3. The molecule has 3 amide bonds. The second kappa shape index (κ2) is 5.95. The smallest absolute Gasteiger partial charge is 0.259 e. The van der Waals surface area contributed by atoms with E-state index in [1.54, 1.807) is 18.5 Å². The van der Waals surface area contributed by atoms with Gasteiger partial charge in [0.25, 0.3) is 5.91 Å². The zero-order valence-electron chi connectivity index (χ0n) is 16.1. The SMILES string of the molecule is O=C1CCC(N2C(=O)c3cccc4c(C5(c6ccccn6)CC5)ncc2c34)C(=O)N1. The first-order valence-corrected chi connectivity index (χ1v) is 10.1. The van der Waals surface area contributed by atoms with Crippen molar-refractivity contribution in [2.75, 3.05) is 4.90 Å². The molecule has 1 saturated heterocycles. The molecule has 1 N–H and O–H groups in total. The highest BCUT2D eigenvalue weighted by molar-refractivity contribution is 6.27. The number of piperidine rings is 1. The lowest BCUT2D eigenvalue weighted by Crippen LogP contribution is -2.53. The fourth-order valence-electron chi connectivity index (χ4n) is 4.89. The lowest BCUT2D eigenvalue weighted by Gasteiger charge is -2.30. The predicted octanol–water partition coefficient (Wildman–Crippen LogP) is 2.48. The Kier molecular flexibility index (Phi) is 3.42. The minimum absolute atomic E-state index is 0.216. The summed E-state index contributed by atoms with van der Waals surface area (Å²) in [7, 11) is 0. The van der Waals surface area contributed by atoms with Gasteiger partial charge in [-0.3, -0.25) is 34.6 Å². The van der Waals surface area contributed by atoms with E-state index in [1.165, 1.54) is 4.90 Å². The fraction of sp³-hybridized carbons (Fsp3) is 0.261. The van der Waals surface area contributed by atoms with Crippen LogP contribution in [-0.4, -0.2) is 33.7 Å². The van der Waals surface area contributed by atoms with Crippen molar-refractivity contribution in [2.24, 2.45) is 0 Å². The van der Waals surface area contributed by atoms with E-state index in [0.29, 0.717) is 17.7 Å². The first-order valence-electron chi connectivity index (χ1n) is 10.1. The third kappa shape index (κ3) is 2.23. The Hall–Kier alpha value is -3.61. The topological polar surface area (TPSA) is 92.3 Å². The number of nitrogens with one attached hydrogen (secondary N) is 1. The molecule has 2 aromatic heterocycles. The van der Waals surface area contributed by atoms with E-state index < -0.39 is 11.9 Å². The molecule has 2 aliphatic heterocycles. The number of amides is 3. The summed E-state index contributed by atoms with van der Waals surface area (Å²) in [5.41, 5.74) is 2.90. The maximum Gasteiger partial charge on any atom is 0.259 e. The predicted molar refractivity (Wildman–Crippen MR) is 109 cm³/mol. The summed E-state index contributed by atoms with van der Waals surface area (Å²) in [6, 6.07) is 10.9. The first-order chi connectivity index (χ1) is 14.6. The Morgan fingerprint density at radius 1 is 1.03 bits per heavy atom. The van der Waals surface area contributed by atoms with Crippen LogP contribution in [0.3, 0.4) is 0 Å². The van der Waals surface area contributed by atoms with E-state index in [4.69, 9.17) is 4.98 Å². The number of nitrogens with zero attached hydrogens (tertiary/aromatic N) is 3. The van der Waals surface area contributed by atoms with Gasteiger partial charge in [-0.25, -0.2) is 0 Å². The molecule has 2 fully saturated rings. The van der Waals surface area contributed by atoms with Crippen LogP contribution in [0.15, 0.2) is 48.8 Å². The molecule has 0 bridgehead atoms. The molecule has 4 heterocycles. The lowest BCUT2D eigenvalue weighted by atomic mass is 9.91. The van der Waals surface area contributed by atoms with Gasteiger partial charge in [0, 0.05) is 29.0 Å². The summed E-state index contributed by atoms with van der Waals surface area (Å²) in [5, 5.41) is 4.11. The average Bonchev–Trinajstić information content (AvgIpc) is 3.52. The molecule has 7 heteroatoms. The standard InChI is InChI=1S/C23H18N4O3/c28-18-8-7-15(21(29)26-18)27-16-12-25-20(13-4-3-5-14(19(13)16)22(27)30)23(9-10-23)17-6-1-2-11-24-17/h1-6,11-12,15H,7-10H2,(H,26,28,29). The first kappa shape index (κ1) is 17.3. The molecule has 3 aliphatic rings. The maximum atomic E-state index is 13.3. The molecule has 0 spiro atoms. The van der Waals surface area contributed by atoms with Crippen molar-refractivity contribution in [3.8, 4) is 0 Å². The van der Waals surface area contributed by atoms with Gasteiger partial charge in [0.15, 0.2) is 0 Å². The van der Waals surface area contributed by atoms with Crippen molar-refractivity contribution in [2.45, 2.75) is 37.1 Å². The van der Waals surface area contributed by atoms with Crippen LogP contribution in [-0.2, 0) is 15.0 Å². The number of hydrogen-bond donors (Lipinski definition) is 1. The Balaban J connectivity index is 1.52. The molecule has 1 aromatic carbocycles. The van der Waals surface area contributed by atoms with E-state index in [9.17, 15) is 14.4 Å². The largest absolute Gasteiger partial charge is 0.295 e. The maximum absolute atomic E-state index is 13.3. The summed E-state index contributed by atoms with van der Waals surface area (Å²) >= 11 is 0. The van der Waals surface area contributed by atoms with Gasteiger partial charge in [0.05, 0.1) is 28.7 Å². The van der Waals surface area contributed by atoms with Crippen LogP contribution in [0.5, 0.6) is 0 Å². The lowest BCUT2D eigenvalue weighted by molar-refractivity contribution is -0.134. The highest BCUT2D eigenvalue weighted by Crippen LogP contribution is 2.55. The molecule has 1 atom stereocenters. The molecule has 7 nitrogen and oxygen atoms in total. The molecular formula is C23H18N4O3. The molecule has 30 heavy (non-hydrogen) atoms. The van der Waals surface area contributed by atoms with Crippen LogP contribution in [0.25, 0.3) is 10.8 Å². The number of aromatic nitrogens is 2.